The van der Waals surface area contributed by atoms with E-state index in [2.05, 4.69) is 0 Å². The second kappa shape index (κ2) is 9.51. The highest BCUT2D eigenvalue weighted by atomic mass is 31.2. The van der Waals surface area contributed by atoms with Crippen LogP contribution in [0.2, 0.25) is 0 Å². The zero-order valence-corrected chi connectivity index (χ0v) is 19.3. The van der Waals surface area contributed by atoms with Gasteiger partial charge in [0.25, 0.3) is 5.92 Å². The van der Waals surface area contributed by atoms with E-state index < -0.39 is 19.9 Å². The summed E-state index contributed by atoms with van der Waals surface area (Å²) in [6, 6.07) is 13.8. The van der Waals surface area contributed by atoms with Crippen molar-refractivity contribution in [3.63, 3.8) is 0 Å². The Hall–Kier alpha value is -2.93. The van der Waals surface area contributed by atoms with Crippen molar-refractivity contribution < 1.29 is 37.7 Å². The van der Waals surface area contributed by atoms with Crippen molar-refractivity contribution >= 4 is 7.60 Å². The molecular weight excluding hydrogens is 453 g/mol. The fraction of sp³-hybridized carbons (Fsp3) is 0.250. The highest BCUT2D eigenvalue weighted by Crippen LogP contribution is 2.37. The maximum Gasteiger partial charge on any atom is 0.362 e. The second-order valence-electron chi connectivity index (χ2n) is 7.97. The van der Waals surface area contributed by atoms with Crippen LogP contribution in [0.15, 0.2) is 54.6 Å². The highest BCUT2D eigenvalue weighted by Gasteiger charge is 2.24. The molecule has 0 heterocycles. The van der Waals surface area contributed by atoms with Gasteiger partial charge in [0.05, 0.1) is 0 Å². The first-order valence-corrected chi connectivity index (χ1v) is 11.9. The lowest BCUT2D eigenvalue weighted by atomic mass is 9.95. The molecule has 0 saturated heterocycles. The van der Waals surface area contributed by atoms with Crippen LogP contribution in [0.25, 0.3) is 0 Å². The molecule has 3 N–H and O–H groups in total. The molecule has 0 spiro atoms. The molecule has 0 radical (unpaired) electrons. The van der Waals surface area contributed by atoms with Crippen molar-refractivity contribution in [3.05, 3.63) is 82.4 Å². The third kappa shape index (κ3) is 6.78. The first-order valence-electron chi connectivity index (χ1n) is 10.1. The van der Waals surface area contributed by atoms with Crippen LogP contribution < -0.4 is 9.47 Å². The van der Waals surface area contributed by atoms with Crippen molar-refractivity contribution in [2.24, 2.45) is 0 Å². The van der Waals surface area contributed by atoms with Gasteiger partial charge in [-0.05, 0) is 78.9 Å². The van der Waals surface area contributed by atoms with Crippen molar-refractivity contribution in [2.75, 3.05) is 6.35 Å². The highest BCUT2D eigenvalue weighted by molar-refractivity contribution is 7.51. The van der Waals surface area contributed by atoms with Crippen LogP contribution in [0, 0.1) is 13.8 Å². The molecule has 9 heteroatoms. The normalized spacial score (nSPS) is 12.0. The topological polar surface area (TPSA) is 96.2 Å². The summed E-state index contributed by atoms with van der Waals surface area (Å²) in [7, 11) is -4.28. The maximum absolute atomic E-state index is 13.6. The lowest BCUT2D eigenvalue weighted by molar-refractivity contribution is 0.0173. The summed E-state index contributed by atoms with van der Waals surface area (Å²) in [6.07, 6.45) is -0.213. The van der Waals surface area contributed by atoms with Gasteiger partial charge in [0.1, 0.15) is 11.5 Å². The first kappa shape index (κ1) is 24.7. The number of aryl methyl sites for hydroxylation is 2. The number of hydrogen-bond acceptors (Lipinski definition) is 4. The maximum atomic E-state index is 13.6. The molecule has 3 aromatic rings. The van der Waals surface area contributed by atoms with Gasteiger partial charge in [-0.3, -0.25) is 4.57 Å². The molecule has 0 saturated carbocycles. The lowest BCUT2D eigenvalue weighted by Crippen LogP contribution is -2.06. The number of benzene rings is 3. The average molecular weight is 478 g/mol. The number of hydrogen-bond donors (Lipinski definition) is 3. The predicted octanol–water partition coefficient (Wildman–Crippen LogP) is 6.02. The fourth-order valence-corrected chi connectivity index (χ4v) is 3.71. The van der Waals surface area contributed by atoms with E-state index in [0.29, 0.717) is 12.2 Å². The predicted molar refractivity (Wildman–Crippen MR) is 120 cm³/mol. The third-order valence-electron chi connectivity index (χ3n) is 5.04. The molecule has 0 aliphatic rings. The summed E-state index contributed by atoms with van der Waals surface area (Å²) < 4.78 is 49.2. The zero-order chi connectivity index (χ0) is 24.4. The zero-order valence-electron chi connectivity index (χ0n) is 18.4. The number of phenols is 1. The van der Waals surface area contributed by atoms with E-state index in [9.17, 15) is 18.5 Å². The number of rotatable bonds is 8. The molecule has 0 aromatic heterocycles. The molecule has 0 bridgehead atoms. The van der Waals surface area contributed by atoms with Gasteiger partial charge in [0.15, 0.2) is 17.8 Å². The monoisotopic (exact) mass is 478 g/mol. The number of phenolic OH excluding ortho intramolecular Hbond substituents is 1. The van der Waals surface area contributed by atoms with Gasteiger partial charge in [0, 0.05) is 12.5 Å². The van der Waals surface area contributed by atoms with E-state index >= 15 is 0 Å². The molecule has 0 fully saturated rings. The second-order valence-corrected chi connectivity index (χ2v) is 9.56. The van der Waals surface area contributed by atoms with E-state index in [1.54, 1.807) is 24.3 Å². The minimum Gasteiger partial charge on any atom is -0.504 e. The van der Waals surface area contributed by atoms with Crippen molar-refractivity contribution in [2.45, 2.75) is 33.1 Å². The van der Waals surface area contributed by atoms with Gasteiger partial charge in [0.2, 0.25) is 0 Å². The Labute approximate surface area is 190 Å². The molecule has 0 aliphatic heterocycles. The molecular formula is C24H25F2O6P. The molecule has 3 rings (SSSR count). The summed E-state index contributed by atoms with van der Waals surface area (Å²) in [5.41, 5.74) is 3.33. The van der Waals surface area contributed by atoms with Crippen molar-refractivity contribution in [3.8, 4) is 23.0 Å². The van der Waals surface area contributed by atoms with Gasteiger partial charge < -0.3 is 24.4 Å². The third-order valence-corrected chi connectivity index (χ3v) is 5.51. The standard InChI is InChI=1S/C24H25F2O6P/c1-15-9-20(31-14-33(28,29)30)10-16(2)21(15)11-17-7-8-22(27)23(12-17)32-19-6-4-5-18(13-19)24(3,25)26/h4-10,12-13,27H,11,14H2,1-3H3,(H2,28,29,30). The lowest BCUT2D eigenvalue weighted by Gasteiger charge is -2.16. The van der Waals surface area contributed by atoms with Gasteiger partial charge in [-0.15, -0.1) is 0 Å². The SMILES string of the molecule is Cc1cc(OCP(=O)(O)O)cc(C)c1Cc1ccc(O)c(Oc2cccc(C(C)(F)F)c2)c1. The van der Waals surface area contributed by atoms with Crippen LogP contribution in [-0.2, 0) is 16.9 Å². The Kier molecular flexibility index (Phi) is 7.12. The van der Waals surface area contributed by atoms with Gasteiger partial charge in [-0.1, -0.05) is 18.2 Å². The summed E-state index contributed by atoms with van der Waals surface area (Å²) in [4.78, 5) is 18.0. The van der Waals surface area contributed by atoms with E-state index in [1.807, 2.05) is 13.8 Å². The molecule has 3 aromatic carbocycles. The molecule has 176 valence electrons. The average Bonchev–Trinajstić information content (AvgIpc) is 2.70. The Morgan fingerprint density at radius 3 is 2.24 bits per heavy atom. The van der Waals surface area contributed by atoms with Crippen LogP contribution in [-0.4, -0.2) is 21.2 Å². The van der Waals surface area contributed by atoms with Crippen LogP contribution in [0.5, 0.6) is 23.0 Å². The summed E-state index contributed by atoms with van der Waals surface area (Å²) in [5, 5.41) is 10.2. The molecule has 0 amide bonds. The van der Waals surface area contributed by atoms with Gasteiger partial charge >= 0.3 is 7.60 Å². The minimum absolute atomic E-state index is 0.123. The van der Waals surface area contributed by atoms with Crippen molar-refractivity contribution in [1.82, 2.24) is 0 Å². The van der Waals surface area contributed by atoms with Crippen molar-refractivity contribution in [1.29, 1.82) is 0 Å². The molecule has 0 unspecified atom stereocenters. The Morgan fingerprint density at radius 1 is 0.970 bits per heavy atom. The van der Waals surface area contributed by atoms with E-state index in [4.69, 9.17) is 19.3 Å². The number of alkyl halides is 2. The number of halogens is 2. The van der Waals surface area contributed by atoms with E-state index in [0.717, 1.165) is 29.2 Å². The quantitative estimate of drug-likeness (QED) is 0.343. The number of aromatic hydroxyl groups is 1. The largest absolute Gasteiger partial charge is 0.504 e. The Bertz CT molecular complexity index is 1180. The smallest absolute Gasteiger partial charge is 0.362 e. The van der Waals surface area contributed by atoms with E-state index in [-0.39, 0.29) is 22.8 Å². The molecule has 6 nitrogen and oxygen atoms in total. The van der Waals surface area contributed by atoms with Crippen LogP contribution in [0.1, 0.15) is 34.7 Å². The molecule has 0 atom stereocenters. The fourth-order valence-electron chi connectivity index (χ4n) is 3.39. The number of ether oxygens (including phenoxy) is 2. The van der Waals surface area contributed by atoms with Gasteiger partial charge in [-0.2, -0.15) is 0 Å². The minimum atomic E-state index is -4.28. The summed E-state index contributed by atoms with van der Waals surface area (Å²) in [5.74, 6) is -2.46. The first-order chi connectivity index (χ1) is 15.3. The summed E-state index contributed by atoms with van der Waals surface area (Å²) >= 11 is 0. The summed E-state index contributed by atoms with van der Waals surface area (Å²) in [6.45, 7) is 4.53. The molecule has 0 aliphatic carbocycles. The van der Waals surface area contributed by atoms with Gasteiger partial charge in [-0.25, -0.2) is 8.78 Å². The van der Waals surface area contributed by atoms with Crippen LogP contribution in [0.3, 0.4) is 0 Å². The van der Waals surface area contributed by atoms with Crippen LogP contribution in [0.4, 0.5) is 8.78 Å². The molecule has 33 heavy (non-hydrogen) atoms. The Balaban J connectivity index is 1.82. The van der Waals surface area contributed by atoms with E-state index in [1.165, 1.54) is 30.3 Å². The Morgan fingerprint density at radius 2 is 1.64 bits per heavy atom. The van der Waals surface area contributed by atoms with Crippen LogP contribution >= 0.6 is 7.60 Å².